The quantitative estimate of drug-likeness (QED) is 0.692. The molecule has 2 N–H and O–H groups in total. The second-order valence-electron chi connectivity index (χ2n) is 4.39. The van der Waals surface area contributed by atoms with Crippen LogP contribution in [0, 0.1) is 0 Å². The molecule has 19 heavy (non-hydrogen) atoms. The Kier molecular flexibility index (Phi) is 7.86. The molecule has 0 aliphatic carbocycles. The van der Waals surface area contributed by atoms with Crippen molar-refractivity contribution < 1.29 is 9.53 Å². The molecule has 1 amide bonds. The molecule has 0 spiro atoms. The molecule has 106 valence electrons. The topological polar surface area (TPSA) is 55.6 Å². The summed E-state index contributed by atoms with van der Waals surface area (Å²) in [5.41, 5.74) is 6.67. The van der Waals surface area contributed by atoms with Crippen LogP contribution in [-0.2, 0) is 16.1 Å². The van der Waals surface area contributed by atoms with Crippen LogP contribution in [0.1, 0.15) is 25.3 Å². The lowest BCUT2D eigenvalue weighted by atomic mass is 10.2. The summed E-state index contributed by atoms with van der Waals surface area (Å²) in [5.74, 6) is 0.130. The van der Waals surface area contributed by atoms with E-state index in [4.69, 9.17) is 10.5 Å². The summed E-state index contributed by atoms with van der Waals surface area (Å²) in [4.78, 5) is 14.0. The van der Waals surface area contributed by atoms with E-state index in [1.165, 1.54) is 0 Å². The minimum atomic E-state index is 0.130. The number of ether oxygens (including phenoxy) is 1. The van der Waals surface area contributed by atoms with Crippen LogP contribution in [0.25, 0.3) is 0 Å². The molecule has 1 aromatic rings. The van der Waals surface area contributed by atoms with Crippen molar-refractivity contribution in [1.29, 1.82) is 0 Å². The lowest BCUT2D eigenvalue weighted by Crippen LogP contribution is -2.33. The largest absolute Gasteiger partial charge is 0.381 e. The normalized spacial score (nSPS) is 10.4. The maximum atomic E-state index is 12.1. The Labute approximate surface area is 115 Å². The molecule has 1 rings (SSSR count). The van der Waals surface area contributed by atoms with Crippen molar-refractivity contribution in [2.45, 2.75) is 26.3 Å². The van der Waals surface area contributed by atoms with Gasteiger partial charge in [-0.3, -0.25) is 4.79 Å². The average molecular weight is 264 g/mol. The van der Waals surface area contributed by atoms with E-state index in [2.05, 4.69) is 0 Å². The van der Waals surface area contributed by atoms with E-state index >= 15 is 0 Å². The molecule has 0 saturated carbocycles. The van der Waals surface area contributed by atoms with Gasteiger partial charge in [0.25, 0.3) is 0 Å². The lowest BCUT2D eigenvalue weighted by Gasteiger charge is -2.22. The highest BCUT2D eigenvalue weighted by Crippen LogP contribution is 2.07. The number of nitrogens with two attached hydrogens (primary N) is 1. The van der Waals surface area contributed by atoms with Crippen molar-refractivity contribution in [3.8, 4) is 0 Å². The summed E-state index contributed by atoms with van der Waals surface area (Å²) in [7, 11) is 0. The smallest absolute Gasteiger partial charge is 0.225 e. The molecule has 0 aliphatic rings. The third-order valence-electron chi connectivity index (χ3n) is 2.87. The number of carbonyl (C=O) groups is 1. The molecule has 0 fully saturated rings. The number of carbonyl (C=O) groups excluding carboxylic acids is 1. The highest BCUT2D eigenvalue weighted by Gasteiger charge is 2.13. The van der Waals surface area contributed by atoms with Gasteiger partial charge in [0.2, 0.25) is 5.91 Å². The predicted octanol–water partition coefficient (Wildman–Crippen LogP) is 1.79. The summed E-state index contributed by atoms with van der Waals surface area (Å²) >= 11 is 0. The predicted molar refractivity (Wildman–Crippen MR) is 76.6 cm³/mol. The van der Waals surface area contributed by atoms with Gasteiger partial charge in [0, 0.05) is 19.7 Å². The lowest BCUT2D eigenvalue weighted by molar-refractivity contribution is -0.133. The molecule has 1 aromatic carbocycles. The van der Waals surface area contributed by atoms with Gasteiger partial charge in [0.1, 0.15) is 0 Å². The molecule has 0 bridgehead atoms. The Balaban J connectivity index is 2.53. The molecular formula is C15H24N2O2. The van der Waals surface area contributed by atoms with Gasteiger partial charge in [-0.2, -0.15) is 0 Å². The van der Waals surface area contributed by atoms with Crippen molar-refractivity contribution in [1.82, 2.24) is 4.90 Å². The molecule has 4 heteroatoms. The van der Waals surface area contributed by atoms with Crippen molar-refractivity contribution in [3.05, 3.63) is 35.9 Å². The maximum absolute atomic E-state index is 12.1. The monoisotopic (exact) mass is 264 g/mol. The SMILES string of the molecule is CCOCCC(=O)N(CCCN)Cc1ccccc1. The van der Waals surface area contributed by atoms with Gasteiger partial charge in [-0.15, -0.1) is 0 Å². The van der Waals surface area contributed by atoms with Crippen molar-refractivity contribution in [2.75, 3.05) is 26.3 Å². The van der Waals surface area contributed by atoms with Gasteiger partial charge >= 0.3 is 0 Å². The van der Waals surface area contributed by atoms with Crippen molar-refractivity contribution in [2.24, 2.45) is 5.73 Å². The van der Waals surface area contributed by atoms with Crippen LogP contribution in [0.15, 0.2) is 30.3 Å². The number of rotatable bonds is 9. The average Bonchev–Trinajstić information content (AvgIpc) is 2.44. The first-order valence-electron chi connectivity index (χ1n) is 6.87. The second-order valence-corrected chi connectivity index (χ2v) is 4.39. The third-order valence-corrected chi connectivity index (χ3v) is 2.87. The number of nitrogens with zero attached hydrogens (tertiary/aromatic N) is 1. The minimum Gasteiger partial charge on any atom is -0.381 e. The Morgan fingerprint density at radius 2 is 2.05 bits per heavy atom. The molecular weight excluding hydrogens is 240 g/mol. The molecule has 4 nitrogen and oxygen atoms in total. The Morgan fingerprint density at radius 1 is 1.32 bits per heavy atom. The van der Waals surface area contributed by atoms with Crippen molar-refractivity contribution >= 4 is 5.91 Å². The van der Waals surface area contributed by atoms with E-state index in [9.17, 15) is 4.79 Å². The highest BCUT2D eigenvalue weighted by molar-refractivity contribution is 5.76. The summed E-state index contributed by atoms with van der Waals surface area (Å²) in [5, 5.41) is 0. The zero-order valence-electron chi connectivity index (χ0n) is 11.7. The van der Waals surface area contributed by atoms with Crippen LogP contribution < -0.4 is 5.73 Å². The zero-order chi connectivity index (χ0) is 13.9. The van der Waals surface area contributed by atoms with Crippen LogP contribution in [0.2, 0.25) is 0 Å². The summed E-state index contributed by atoms with van der Waals surface area (Å²) in [6.45, 7) is 5.02. The van der Waals surface area contributed by atoms with E-state index in [0.717, 1.165) is 12.0 Å². The summed E-state index contributed by atoms with van der Waals surface area (Å²) in [6, 6.07) is 10.0. The molecule has 0 aliphatic heterocycles. The number of hydrogen-bond donors (Lipinski definition) is 1. The van der Waals surface area contributed by atoms with Crippen LogP contribution >= 0.6 is 0 Å². The molecule has 0 heterocycles. The Hall–Kier alpha value is -1.39. The van der Waals surface area contributed by atoms with Crippen LogP contribution in [-0.4, -0.2) is 37.1 Å². The minimum absolute atomic E-state index is 0.130. The Bertz CT molecular complexity index is 354. The fraction of sp³-hybridized carbons (Fsp3) is 0.533. The first-order valence-corrected chi connectivity index (χ1v) is 6.87. The standard InChI is InChI=1S/C15H24N2O2/c1-2-19-12-9-15(18)17(11-6-10-16)13-14-7-4-3-5-8-14/h3-5,7-8H,2,6,9-13,16H2,1H3. The molecule has 0 unspecified atom stereocenters. The first-order chi connectivity index (χ1) is 9.27. The fourth-order valence-corrected chi connectivity index (χ4v) is 1.84. The number of amides is 1. The van der Waals surface area contributed by atoms with Crippen molar-refractivity contribution in [3.63, 3.8) is 0 Å². The van der Waals surface area contributed by atoms with Gasteiger partial charge in [0.15, 0.2) is 0 Å². The van der Waals surface area contributed by atoms with Crippen LogP contribution in [0.3, 0.4) is 0 Å². The fourth-order valence-electron chi connectivity index (χ4n) is 1.84. The van der Waals surface area contributed by atoms with Gasteiger partial charge in [-0.05, 0) is 25.5 Å². The molecule has 0 saturated heterocycles. The maximum Gasteiger partial charge on any atom is 0.225 e. The number of benzene rings is 1. The van der Waals surface area contributed by atoms with Crippen LogP contribution in [0.4, 0.5) is 0 Å². The van der Waals surface area contributed by atoms with E-state index in [1.54, 1.807) is 0 Å². The van der Waals surface area contributed by atoms with Gasteiger partial charge in [0.05, 0.1) is 13.0 Å². The Morgan fingerprint density at radius 3 is 2.68 bits per heavy atom. The van der Waals surface area contributed by atoms with E-state index in [-0.39, 0.29) is 5.91 Å². The zero-order valence-corrected chi connectivity index (χ0v) is 11.7. The highest BCUT2D eigenvalue weighted by atomic mass is 16.5. The van der Waals surface area contributed by atoms with Gasteiger partial charge in [-0.1, -0.05) is 30.3 Å². The van der Waals surface area contributed by atoms with E-state index < -0.39 is 0 Å². The molecule has 0 aromatic heterocycles. The second kappa shape index (κ2) is 9.53. The third kappa shape index (κ3) is 6.36. The number of hydrogen-bond acceptors (Lipinski definition) is 3. The molecule has 0 radical (unpaired) electrons. The summed E-state index contributed by atoms with van der Waals surface area (Å²) in [6.07, 6.45) is 1.26. The summed E-state index contributed by atoms with van der Waals surface area (Å²) < 4.78 is 5.24. The molecule has 0 atom stereocenters. The van der Waals surface area contributed by atoms with Gasteiger partial charge in [-0.25, -0.2) is 0 Å². The first kappa shape index (κ1) is 15.7. The van der Waals surface area contributed by atoms with E-state index in [0.29, 0.717) is 39.3 Å². The van der Waals surface area contributed by atoms with E-state index in [1.807, 2.05) is 42.2 Å². The van der Waals surface area contributed by atoms with Gasteiger partial charge < -0.3 is 15.4 Å². The van der Waals surface area contributed by atoms with Crippen LogP contribution in [0.5, 0.6) is 0 Å².